The third-order valence-electron chi connectivity index (χ3n) is 4.21. The molecule has 1 aliphatic rings. The highest BCUT2D eigenvalue weighted by Crippen LogP contribution is 2.28. The van der Waals surface area contributed by atoms with Crippen molar-refractivity contribution in [2.24, 2.45) is 0 Å². The van der Waals surface area contributed by atoms with Gasteiger partial charge >= 0.3 is 0 Å². The van der Waals surface area contributed by atoms with Crippen LogP contribution in [0.5, 0.6) is 0 Å². The third-order valence-corrected chi connectivity index (χ3v) is 9.29. The maximum absolute atomic E-state index is 12.8. The molecule has 0 unspecified atom stereocenters. The molecule has 0 saturated carbocycles. The zero-order valence-corrected chi connectivity index (χ0v) is 16.9. The molecule has 0 atom stereocenters. The molecule has 1 aromatic rings. The topological polar surface area (TPSA) is 74.8 Å². The van der Waals surface area contributed by atoms with Gasteiger partial charge in [0.2, 0.25) is 20.0 Å². The summed E-state index contributed by atoms with van der Waals surface area (Å²) in [4.78, 5) is 2.09. The first-order valence-corrected chi connectivity index (χ1v) is 12.1. The summed E-state index contributed by atoms with van der Waals surface area (Å²) in [5.41, 5.74) is 0. The van der Waals surface area contributed by atoms with Gasteiger partial charge in [0.15, 0.2) is 0 Å². The fourth-order valence-corrected chi connectivity index (χ4v) is 7.35. The van der Waals surface area contributed by atoms with Crippen LogP contribution in [0.1, 0.15) is 35.9 Å². The SMILES string of the molecule is CCCCCS(=O)(=O)N1CCN(S(=O)(=O)c2cc(C)sc2C)CC1. The fraction of sp³-hybridized carbons (Fsp3) is 0.733. The second-order valence-electron chi connectivity index (χ2n) is 6.10. The molecule has 1 aromatic heterocycles. The Balaban J connectivity index is 2.03. The third kappa shape index (κ3) is 4.37. The van der Waals surface area contributed by atoms with Crippen molar-refractivity contribution in [1.82, 2.24) is 8.61 Å². The maximum atomic E-state index is 12.8. The number of unbranched alkanes of at least 4 members (excludes halogenated alkanes) is 2. The second kappa shape index (κ2) is 7.82. The van der Waals surface area contributed by atoms with Crippen molar-refractivity contribution < 1.29 is 16.8 Å². The standard InChI is InChI=1S/C15H26N2O4S3/c1-4-5-6-11-23(18,19)16-7-9-17(10-8-16)24(20,21)15-12-13(2)22-14(15)3/h12H,4-11H2,1-3H3. The van der Waals surface area contributed by atoms with Crippen LogP contribution in [0.15, 0.2) is 11.0 Å². The van der Waals surface area contributed by atoms with Crippen LogP contribution in [0.3, 0.4) is 0 Å². The molecule has 9 heteroatoms. The molecule has 2 rings (SSSR count). The van der Waals surface area contributed by atoms with Gasteiger partial charge in [-0.2, -0.15) is 8.61 Å². The Bertz CT molecular complexity index is 761. The van der Waals surface area contributed by atoms with E-state index in [0.717, 1.165) is 22.6 Å². The molecule has 0 amide bonds. The van der Waals surface area contributed by atoms with E-state index in [0.29, 0.717) is 11.3 Å². The van der Waals surface area contributed by atoms with Crippen LogP contribution in [-0.2, 0) is 20.0 Å². The van der Waals surface area contributed by atoms with Crippen molar-refractivity contribution in [2.75, 3.05) is 31.9 Å². The minimum absolute atomic E-state index is 0.149. The van der Waals surface area contributed by atoms with Gasteiger partial charge in [0.1, 0.15) is 0 Å². The van der Waals surface area contributed by atoms with E-state index in [4.69, 9.17) is 0 Å². The highest BCUT2D eigenvalue weighted by Gasteiger charge is 2.33. The number of sulfonamides is 2. The van der Waals surface area contributed by atoms with Crippen LogP contribution in [0.2, 0.25) is 0 Å². The Morgan fingerprint density at radius 3 is 2.08 bits per heavy atom. The van der Waals surface area contributed by atoms with E-state index >= 15 is 0 Å². The van der Waals surface area contributed by atoms with E-state index in [2.05, 4.69) is 0 Å². The summed E-state index contributed by atoms with van der Waals surface area (Å²) in [7, 11) is -6.82. The molecule has 0 radical (unpaired) electrons. The predicted octanol–water partition coefficient (Wildman–Crippen LogP) is 2.19. The first-order chi connectivity index (χ1) is 11.2. The van der Waals surface area contributed by atoms with Crippen LogP contribution in [-0.4, -0.2) is 57.4 Å². The van der Waals surface area contributed by atoms with Crippen molar-refractivity contribution >= 4 is 31.4 Å². The van der Waals surface area contributed by atoms with Crippen LogP contribution in [0, 0.1) is 13.8 Å². The molecule has 0 bridgehead atoms. The normalized spacial score (nSPS) is 18.1. The van der Waals surface area contributed by atoms with Gasteiger partial charge in [0.25, 0.3) is 0 Å². The quantitative estimate of drug-likeness (QED) is 0.665. The molecule has 138 valence electrons. The summed E-state index contributed by atoms with van der Waals surface area (Å²) in [6.07, 6.45) is 2.52. The van der Waals surface area contributed by atoms with Gasteiger partial charge in [0.05, 0.1) is 10.6 Å². The summed E-state index contributed by atoms with van der Waals surface area (Å²) in [6.45, 7) is 6.61. The van der Waals surface area contributed by atoms with Crippen LogP contribution < -0.4 is 0 Å². The minimum Gasteiger partial charge on any atom is -0.212 e. The lowest BCUT2D eigenvalue weighted by Gasteiger charge is -2.33. The Morgan fingerprint density at radius 2 is 1.58 bits per heavy atom. The summed E-state index contributed by atoms with van der Waals surface area (Å²) in [5.74, 6) is 0.149. The number of thiophene rings is 1. The van der Waals surface area contributed by atoms with Gasteiger partial charge in [-0.25, -0.2) is 16.8 Å². The zero-order chi connectivity index (χ0) is 18.0. The van der Waals surface area contributed by atoms with E-state index in [1.165, 1.54) is 19.9 Å². The number of piperazine rings is 1. The van der Waals surface area contributed by atoms with Crippen LogP contribution >= 0.6 is 11.3 Å². The summed E-state index contributed by atoms with van der Waals surface area (Å²) < 4.78 is 52.9. The first-order valence-electron chi connectivity index (χ1n) is 8.23. The van der Waals surface area contributed by atoms with E-state index in [1.807, 2.05) is 13.8 Å². The molecule has 1 saturated heterocycles. The highest BCUT2D eigenvalue weighted by atomic mass is 32.2. The highest BCUT2D eigenvalue weighted by molar-refractivity contribution is 7.89. The minimum atomic E-state index is -3.54. The molecular formula is C15H26N2O4S3. The van der Waals surface area contributed by atoms with Crippen molar-refractivity contribution in [2.45, 2.75) is 44.9 Å². The summed E-state index contributed by atoms with van der Waals surface area (Å²) >= 11 is 1.46. The Kier molecular flexibility index (Phi) is 6.46. The van der Waals surface area contributed by atoms with Gasteiger partial charge in [-0.15, -0.1) is 11.3 Å². The van der Waals surface area contributed by atoms with Gasteiger partial charge in [-0.1, -0.05) is 19.8 Å². The van der Waals surface area contributed by atoms with Crippen molar-refractivity contribution in [3.8, 4) is 0 Å². The Labute approximate surface area is 149 Å². The molecule has 0 aromatic carbocycles. The van der Waals surface area contributed by atoms with E-state index in [1.54, 1.807) is 13.0 Å². The molecule has 0 aliphatic carbocycles. The van der Waals surface area contributed by atoms with Crippen molar-refractivity contribution in [3.05, 3.63) is 15.8 Å². The molecule has 6 nitrogen and oxygen atoms in total. The lowest BCUT2D eigenvalue weighted by atomic mass is 10.3. The Hall–Kier alpha value is -0.480. The monoisotopic (exact) mass is 394 g/mol. The smallest absolute Gasteiger partial charge is 0.212 e. The molecular weight excluding hydrogens is 368 g/mol. The Morgan fingerprint density at radius 1 is 1.00 bits per heavy atom. The molecule has 2 heterocycles. The summed E-state index contributed by atoms with van der Waals surface area (Å²) in [6, 6.07) is 1.70. The molecule has 0 spiro atoms. The van der Waals surface area contributed by atoms with Crippen molar-refractivity contribution in [1.29, 1.82) is 0 Å². The van der Waals surface area contributed by atoms with Gasteiger partial charge in [0, 0.05) is 35.9 Å². The van der Waals surface area contributed by atoms with Crippen LogP contribution in [0.25, 0.3) is 0 Å². The number of nitrogens with zero attached hydrogens (tertiary/aromatic N) is 2. The molecule has 1 aliphatic heterocycles. The maximum Gasteiger partial charge on any atom is 0.244 e. The second-order valence-corrected chi connectivity index (χ2v) is 11.6. The largest absolute Gasteiger partial charge is 0.244 e. The van der Waals surface area contributed by atoms with Gasteiger partial charge < -0.3 is 0 Å². The number of hydrogen-bond acceptors (Lipinski definition) is 5. The van der Waals surface area contributed by atoms with E-state index in [9.17, 15) is 16.8 Å². The number of rotatable bonds is 7. The van der Waals surface area contributed by atoms with E-state index < -0.39 is 20.0 Å². The number of hydrogen-bond donors (Lipinski definition) is 0. The van der Waals surface area contributed by atoms with Gasteiger partial charge in [-0.05, 0) is 26.3 Å². The lowest BCUT2D eigenvalue weighted by molar-refractivity contribution is 0.272. The fourth-order valence-electron chi connectivity index (χ4n) is 2.85. The average Bonchev–Trinajstić information content (AvgIpc) is 2.87. The first kappa shape index (κ1) is 19.8. The van der Waals surface area contributed by atoms with Gasteiger partial charge in [-0.3, -0.25) is 0 Å². The van der Waals surface area contributed by atoms with Crippen LogP contribution in [0.4, 0.5) is 0 Å². The van der Waals surface area contributed by atoms with Crippen molar-refractivity contribution in [3.63, 3.8) is 0 Å². The predicted molar refractivity (Wildman–Crippen MR) is 97.4 cm³/mol. The van der Waals surface area contributed by atoms with E-state index in [-0.39, 0.29) is 31.9 Å². The average molecular weight is 395 g/mol. The number of aryl methyl sites for hydroxylation is 2. The summed E-state index contributed by atoms with van der Waals surface area (Å²) in [5, 5.41) is 0. The molecule has 0 N–H and O–H groups in total. The zero-order valence-electron chi connectivity index (χ0n) is 14.5. The molecule has 24 heavy (non-hydrogen) atoms. The molecule has 1 fully saturated rings. The lowest BCUT2D eigenvalue weighted by Crippen LogP contribution is -2.50.